The highest BCUT2D eigenvalue weighted by Crippen LogP contribution is 2.40. The van der Waals surface area contributed by atoms with Crippen molar-refractivity contribution in [3.8, 4) is 0 Å². The lowest BCUT2D eigenvalue weighted by Gasteiger charge is -2.25. The van der Waals surface area contributed by atoms with Gasteiger partial charge in [-0.2, -0.15) is 0 Å². The maximum atomic E-state index is 12.3. The second kappa shape index (κ2) is 7.64. The molecule has 6 heteroatoms. The van der Waals surface area contributed by atoms with E-state index in [2.05, 4.69) is 0 Å². The maximum Gasteiger partial charge on any atom is 0.338 e. The zero-order chi connectivity index (χ0) is 19.1. The Morgan fingerprint density at radius 3 is 2.64 bits per heavy atom. The second-order valence-electron chi connectivity index (χ2n) is 8.85. The molecule has 152 valence electrons. The van der Waals surface area contributed by atoms with Crippen molar-refractivity contribution >= 4 is 11.9 Å². The van der Waals surface area contributed by atoms with Crippen LogP contribution in [0.5, 0.6) is 0 Å². The summed E-state index contributed by atoms with van der Waals surface area (Å²) in [4.78, 5) is 24.4. The van der Waals surface area contributed by atoms with Gasteiger partial charge in [-0.05, 0) is 75.4 Å². The van der Waals surface area contributed by atoms with Gasteiger partial charge in [-0.15, -0.1) is 0 Å². The number of hydrogen-bond acceptors (Lipinski definition) is 6. The average molecular weight is 388 g/mol. The maximum absolute atomic E-state index is 12.3. The first-order valence-corrected chi connectivity index (χ1v) is 10.7. The third-order valence-electron chi connectivity index (χ3n) is 6.83. The molecule has 5 rings (SSSR count). The molecular weight excluding hydrogens is 360 g/mol. The number of esters is 2. The molecule has 6 nitrogen and oxygen atoms in total. The van der Waals surface area contributed by atoms with Crippen molar-refractivity contribution in [1.82, 2.24) is 0 Å². The Morgan fingerprint density at radius 2 is 1.86 bits per heavy atom. The molecule has 4 fully saturated rings. The highest BCUT2D eigenvalue weighted by Gasteiger charge is 2.46. The van der Waals surface area contributed by atoms with Crippen LogP contribution < -0.4 is 0 Å². The zero-order valence-corrected chi connectivity index (χ0v) is 16.1. The van der Waals surface area contributed by atoms with Crippen LogP contribution in [0.4, 0.5) is 0 Å². The summed E-state index contributed by atoms with van der Waals surface area (Å²) in [6.07, 6.45) is 12.8. The van der Waals surface area contributed by atoms with Gasteiger partial charge in [0, 0.05) is 5.57 Å². The predicted octanol–water partition coefficient (Wildman–Crippen LogP) is 3.20. The van der Waals surface area contributed by atoms with Crippen molar-refractivity contribution in [2.24, 2.45) is 11.8 Å². The summed E-state index contributed by atoms with van der Waals surface area (Å²) in [6.45, 7) is 0.507. The van der Waals surface area contributed by atoms with E-state index in [-0.39, 0.29) is 24.0 Å². The Labute approximate surface area is 165 Å². The van der Waals surface area contributed by atoms with E-state index in [0.717, 1.165) is 68.9 Å². The fourth-order valence-corrected chi connectivity index (χ4v) is 4.77. The molecule has 3 aliphatic carbocycles. The third-order valence-corrected chi connectivity index (χ3v) is 6.83. The van der Waals surface area contributed by atoms with E-state index in [1.165, 1.54) is 0 Å². The quantitative estimate of drug-likeness (QED) is 0.409. The van der Waals surface area contributed by atoms with Crippen LogP contribution in [0.15, 0.2) is 23.5 Å². The molecule has 2 heterocycles. The van der Waals surface area contributed by atoms with Crippen molar-refractivity contribution in [3.63, 3.8) is 0 Å². The van der Waals surface area contributed by atoms with Gasteiger partial charge in [-0.3, -0.25) is 4.79 Å². The van der Waals surface area contributed by atoms with Gasteiger partial charge < -0.3 is 18.9 Å². The van der Waals surface area contributed by atoms with Crippen LogP contribution in [0.1, 0.15) is 57.8 Å². The van der Waals surface area contributed by atoms with Crippen molar-refractivity contribution in [3.05, 3.63) is 23.5 Å². The van der Waals surface area contributed by atoms with Crippen LogP contribution in [-0.4, -0.2) is 43.0 Å². The second-order valence-corrected chi connectivity index (χ2v) is 8.85. The normalized spacial score (nSPS) is 38.4. The van der Waals surface area contributed by atoms with Crippen LogP contribution in [0.3, 0.4) is 0 Å². The van der Waals surface area contributed by atoms with E-state index in [9.17, 15) is 9.59 Å². The molecule has 28 heavy (non-hydrogen) atoms. The van der Waals surface area contributed by atoms with Crippen LogP contribution >= 0.6 is 0 Å². The summed E-state index contributed by atoms with van der Waals surface area (Å²) in [5.41, 5.74) is 1.90. The van der Waals surface area contributed by atoms with Gasteiger partial charge in [0.05, 0.1) is 37.1 Å². The standard InChI is InChI=1S/C22H28O6/c23-21(15-5-7-17-19(9-15)27-17)25-11-13-1-2-14(4-3-13)12-26-22(24)16-6-8-18-20(10-16)28-18/h9,11,14,16-20H,1-8,10,12H2. The molecule has 5 aliphatic rings. The van der Waals surface area contributed by atoms with Gasteiger partial charge in [-0.25, -0.2) is 4.79 Å². The number of carbonyl (C=O) groups excluding carboxylic acids is 2. The molecule has 0 bridgehead atoms. The monoisotopic (exact) mass is 388 g/mol. The Hall–Kier alpha value is -1.66. The van der Waals surface area contributed by atoms with E-state index in [4.69, 9.17) is 18.9 Å². The Bertz CT molecular complexity index is 700. The lowest BCUT2D eigenvalue weighted by atomic mass is 9.86. The molecule has 0 amide bonds. The van der Waals surface area contributed by atoms with Crippen molar-refractivity contribution < 1.29 is 28.5 Å². The molecule has 0 aromatic rings. The fourth-order valence-electron chi connectivity index (χ4n) is 4.77. The van der Waals surface area contributed by atoms with Crippen LogP contribution in [0.2, 0.25) is 0 Å². The molecule has 2 aliphatic heterocycles. The fraction of sp³-hybridized carbons (Fsp3) is 0.727. The summed E-state index contributed by atoms with van der Waals surface area (Å²) in [7, 11) is 0. The molecule has 5 unspecified atom stereocenters. The minimum absolute atomic E-state index is 0.0209. The lowest BCUT2D eigenvalue weighted by molar-refractivity contribution is -0.151. The van der Waals surface area contributed by atoms with Gasteiger partial charge in [0.2, 0.25) is 0 Å². The highest BCUT2D eigenvalue weighted by atomic mass is 16.6. The minimum Gasteiger partial charge on any atom is -0.465 e. The van der Waals surface area contributed by atoms with E-state index in [0.29, 0.717) is 30.8 Å². The number of fused-ring (bicyclic) bond motifs is 2. The van der Waals surface area contributed by atoms with Crippen LogP contribution in [0.25, 0.3) is 0 Å². The van der Waals surface area contributed by atoms with Crippen molar-refractivity contribution in [2.75, 3.05) is 6.61 Å². The lowest BCUT2D eigenvalue weighted by Crippen LogP contribution is -2.26. The zero-order valence-electron chi connectivity index (χ0n) is 16.1. The van der Waals surface area contributed by atoms with Gasteiger partial charge >= 0.3 is 11.9 Å². The topological polar surface area (TPSA) is 77.7 Å². The molecule has 0 N–H and O–H groups in total. The first-order valence-electron chi connectivity index (χ1n) is 10.7. The number of epoxide rings is 2. The summed E-state index contributed by atoms with van der Waals surface area (Å²) in [5, 5.41) is 0. The molecule has 0 radical (unpaired) electrons. The summed E-state index contributed by atoms with van der Waals surface area (Å²) < 4.78 is 21.9. The molecule has 0 aromatic heterocycles. The predicted molar refractivity (Wildman–Crippen MR) is 99.1 cm³/mol. The Morgan fingerprint density at radius 1 is 1.00 bits per heavy atom. The van der Waals surface area contributed by atoms with E-state index in [1.807, 2.05) is 6.08 Å². The molecule has 5 atom stereocenters. The first-order chi connectivity index (χ1) is 13.7. The summed E-state index contributed by atoms with van der Waals surface area (Å²) >= 11 is 0. The summed E-state index contributed by atoms with van der Waals surface area (Å²) in [6, 6.07) is 0. The molecule has 2 saturated carbocycles. The van der Waals surface area contributed by atoms with Crippen molar-refractivity contribution in [1.29, 1.82) is 0 Å². The molecular formula is C22H28O6. The third kappa shape index (κ3) is 4.18. The molecule has 0 aromatic carbocycles. The van der Waals surface area contributed by atoms with Gasteiger partial charge in [-0.1, -0.05) is 0 Å². The Balaban J connectivity index is 1.02. The SMILES string of the molecule is O=C(OC=C1CCC(COC(=O)C2CCC3OC3C2)CC1)C1=CC2OC2CC1. The van der Waals surface area contributed by atoms with E-state index < -0.39 is 0 Å². The smallest absolute Gasteiger partial charge is 0.338 e. The van der Waals surface area contributed by atoms with Gasteiger partial charge in [0.1, 0.15) is 6.10 Å². The highest BCUT2D eigenvalue weighted by molar-refractivity contribution is 5.89. The van der Waals surface area contributed by atoms with Crippen LogP contribution in [-0.2, 0) is 28.5 Å². The van der Waals surface area contributed by atoms with Gasteiger partial charge in [0.15, 0.2) is 0 Å². The van der Waals surface area contributed by atoms with Crippen LogP contribution in [0, 0.1) is 11.8 Å². The molecule has 2 saturated heterocycles. The minimum atomic E-state index is -0.244. The number of rotatable bonds is 5. The van der Waals surface area contributed by atoms with Crippen molar-refractivity contribution in [2.45, 2.75) is 82.2 Å². The van der Waals surface area contributed by atoms with E-state index in [1.54, 1.807) is 6.26 Å². The number of carbonyl (C=O) groups is 2. The van der Waals surface area contributed by atoms with Gasteiger partial charge in [0.25, 0.3) is 0 Å². The Kier molecular flexibility index (Phi) is 5.01. The molecule has 0 spiro atoms. The average Bonchev–Trinajstić information content (AvgIpc) is 3.63. The number of hydrogen-bond donors (Lipinski definition) is 0. The largest absolute Gasteiger partial charge is 0.465 e. The summed E-state index contributed by atoms with van der Waals surface area (Å²) in [5.74, 6) is 0.127. The van der Waals surface area contributed by atoms with E-state index >= 15 is 0 Å². The number of allylic oxidation sites excluding steroid dienone is 1. The first kappa shape index (κ1) is 18.4. The number of ether oxygens (including phenoxy) is 4.